The highest BCUT2D eigenvalue weighted by atomic mass is 16.5. The maximum absolute atomic E-state index is 4.97. The van der Waals surface area contributed by atoms with Crippen LogP contribution in [0.25, 0.3) is 0 Å². The van der Waals surface area contributed by atoms with Gasteiger partial charge in [0.2, 0.25) is 0 Å². The van der Waals surface area contributed by atoms with Crippen molar-refractivity contribution < 1.29 is 4.74 Å². The van der Waals surface area contributed by atoms with Gasteiger partial charge in [0, 0.05) is 26.7 Å². The fourth-order valence-electron chi connectivity index (χ4n) is 1.99. The molecule has 3 nitrogen and oxygen atoms in total. The van der Waals surface area contributed by atoms with Gasteiger partial charge in [0.05, 0.1) is 6.61 Å². The highest BCUT2D eigenvalue weighted by molar-refractivity contribution is 4.69. The molecule has 0 amide bonds. The van der Waals surface area contributed by atoms with E-state index in [2.05, 4.69) is 38.3 Å². The van der Waals surface area contributed by atoms with E-state index in [1.165, 1.54) is 0 Å². The molecule has 0 aromatic rings. The number of hydrogen-bond donors (Lipinski definition) is 2. The molecule has 0 aromatic carbocycles. The van der Waals surface area contributed by atoms with Crippen LogP contribution in [0, 0.1) is 17.8 Å². The Morgan fingerprint density at radius 3 is 1.94 bits per heavy atom. The zero-order valence-electron chi connectivity index (χ0n) is 11.7. The number of methoxy groups -OCH3 is 1. The third-order valence-corrected chi connectivity index (χ3v) is 3.05. The van der Waals surface area contributed by atoms with Crippen LogP contribution < -0.4 is 10.6 Å². The summed E-state index contributed by atoms with van der Waals surface area (Å²) in [5.41, 5.74) is 0. The smallest absolute Gasteiger partial charge is 0.0587 e. The first-order valence-corrected chi connectivity index (χ1v) is 6.50. The van der Waals surface area contributed by atoms with Gasteiger partial charge in [-0.25, -0.2) is 0 Å². The first-order chi connectivity index (χ1) is 7.59. The normalized spacial score (nSPS) is 12.0. The first-order valence-electron chi connectivity index (χ1n) is 6.50. The Bertz CT molecular complexity index is 141. The van der Waals surface area contributed by atoms with Gasteiger partial charge in [-0.1, -0.05) is 27.7 Å². The Balaban J connectivity index is 3.41. The molecule has 0 radical (unpaired) electrons. The van der Waals surface area contributed by atoms with Crippen molar-refractivity contribution in [3.8, 4) is 0 Å². The lowest BCUT2D eigenvalue weighted by Crippen LogP contribution is -2.35. The summed E-state index contributed by atoms with van der Waals surface area (Å²) in [4.78, 5) is 0. The summed E-state index contributed by atoms with van der Waals surface area (Å²) in [6.45, 7) is 14.2. The van der Waals surface area contributed by atoms with Crippen molar-refractivity contribution in [1.82, 2.24) is 10.6 Å². The highest BCUT2D eigenvalue weighted by Gasteiger charge is 2.16. The first kappa shape index (κ1) is 15.9. The summed E-state index contributed by atoms with van der Waals surface area (Å²) in [6, 6.07) is 0. The van der Waals surface area contributed by atoms with Crippen LogP contribution in [-0.4, -0.2) is 39.9 Å². The summed E-state index contributed by atoms with van der Waals surface area (Å²) in [5, 5.41) is 6.85. The molecule has 16 heavy (non-hydrogen) atoms. The van der Waals surface area contributed by atoms with E-state index in [9.17, 15) is 0 Å². The number of rotatable bonds is 10. The lowest BCUT2D eigenvalue weighted by molar-refractivity contribution is 0.199. The number of nitrogens with one attached hydrogen (secondary N) is 2. The molecule has 0 rings (SSSR count). The SMILES string of the molecule is COCCNCCNCC(C(C)C)C(C)C. The van der Waals surface area contributed by atoms with Crippen molar-refractivity contribution in [2.75, 3.05) is 39.9 Å². The van der Waals surface area contributed by atoms with E-state index in [0.717, 1.165) is 50.5 Å². The van der Waals surface area contributed by atoms with Crippen molar-refractivity contribution in [2.24, 2.45) is 17.8 Å². The third kappa shape index (κ3) is 8.08. The molecule has 0 aliphatic rings. The van der Waals surface area contributed by atoms with Crippen LogP contribution in [0.1, 0.15) is 27.7 Å². The van der Waals surface area contributed by atoms with E-state index < -0.39 is 0 Å². The monoisotopic (exact) mass is 230 g/mol. The van der Waals surface area contributed by atoms with E-state index in [0.29, 0.717) is 0 Å². The van der Waals surface area contributed by atoms with Gasteiger partial charge in [-0.15, -0.1) is 0 Å². The van der Waals surface area contributed by atoms with E-state index >= 15 is 0 Å². The molecule has 0 fully saturated rings. The van der Waals surface area contributed by atoms with Gasteiger partial charge in [-0.3, -0.25) is 0 Å². The van der Waals surface area contributed by atoms with Crippen molar-refractivity contribution in [3.05, 3.63) is 0 Å². The minimum absolute atomic E-state index is 0.758. The second-order valence-corrected chi connectivity index (χ2v) is 5.10. The minimum Gasteiger partial charge on any atom is -0.383 e. The van der Waals surface area contributed by atoms with Gasteiger partial charge in [0.15, 0.2) is 0 Å². The molecule has 0 saturated carbocycles. The topological polar surface area (TPSA) is 33.3 Å². The second-order valence-electron chi connectivity index (χ2n) is 5.10. The molecule has 2 N–H and O–H groups in total. The number of hydrogen-bond acceptors (Lipinski definition) is 3. The quantitative estimate of drug-likeness (QED) is 0.561. The van der Waals surface area contributed by atoms with Gasteiger partial charge in [-0.05, 0) is 24.3 Å². The van der Waals surface area contributed by atoms with Crippen LogP contribution in [0.2, 0.25) is 0 Å². The summed E-state index contributed by atoms with van der Waals surface area (Å²) < 4.78 is 4.97. The van der Waals surface area contributed by atoms with Gasteiger partial charge in [-0.2, -0.15) is 0 Å². The average Bonchev–Trinajstić information content (AvgIpc) is 2.21. The van der Waals surface area contributed by atoms with Gasteiger partial charge >= 0.3 is 0 Å². The fourth-order valence-corrected chi connectivity index (χ4v) is 1.99. The van der Waals surface area contributed by atoms with Crippen LogP contribution in [-0.2, 0) is 4.74 Å². The number of ether oxygens (including phenoxy) is 1. The lowest BCUT2D eigenvalue weighted by Gasteiger charge is -2.25. The lowest BCUT2D eigenvalue weighted by atomic mass is 9.85. The molecule has 0 unspecified atom stereocenters. The molecule has 98 valence electrons. The Kier molecular flexibility index (Phi) is 9.99. The highest BCUT2D eigenvalue weighted by Crippen LogP contribution is 2.19. The zero-order chi connectivity index (χ0) is 12.4. The van der Waals surface area contributed by atoms with E-state index in [1.807, 2.05) is 0 Å². The van der Waals surface area contributed by atoms with Crippen molar-refractivity contribution >= 4 is 0 Å². The van der Waals surface area contributed by atoms with Crippen molar-refractivity contribution in [3.63, 3.8) is 0 Å². The molecule has 0 spiro atoms. The summed E-state index contributed by atoms with van der Waals surface area (Å²) in [7, 11) is 1.73. The van der Waals surface area contributed by atoms with Gasteiger partial charge < -0.3 is 15.4 Å². The maximum Gasteiger partial charge on any atom is 0.0587 e. The molecule has 0 heterocycles. The summed E-state index contributed by atoms with van der Waals surface area (Å²) >= 11 is 0. The maximum atomic E-state index is 4.97. The summed E-state index contributed by atoms with van der Waals surface area (Å²) in [6.07, 6.45) is 0. The Morgan fingerprint density at radius 1 is 0.875 bits per heavy atom. The van der Waals surface area contributed by atoms with E-state index in [-0.39, 0.29) is 0 Å². The Labute approximate surface area is 101 Å². The van der Waals surface area contributed by atoms with Crippen LogP contribution in [0.4, 0.5) is 0 Å². The van der Waals surface area contributed by atoms with E-state index in [1.54, 1.807) is 7.11 Å². The fraction of sp³-hybridized carbons (Fsp3) is 1.00. The van der Waals surface area contributed by atoms with Crippen molar-refractivity contribution in [2.45, 2.75) is 27.7 Å². The predicted molar refractivity (Wildman–Crippen MR) is 70.8 cm³/mol. The standard InChI is InChI=1S/C13H30N2O/c1-11(2)13(12(3)4)10-15-7-6-14-8-9-16-5/h11-15H,6-10H2,1-5H3. The third-order valence-electron chi connectivity index (χ3n) is 3.05. The minimum atomic E-state index is 0.758. The molecular formula is C13H30N2O. The second kappa shape index (κ2) is 10.1. The van der Waals surface area contributed by atoms with Crippen LogP contribution in [0.3, 0.4) is 0 Å². The predicted octanol–water partition coefficient (Wildman–Crippen LogP) is 1.74. The molecule has 3 heteroatoms. The van der Waals surface area contributed by atoms with Crippen LogP contribution >= 0.6 is 0 Å². The molecule has 0 saturated heterocycles. The molecule has 0 aliphatic carbocycles. The molecule has 0 bridgehead atoms. The Morgan fingerprint density at radius 2 is 1.44 bits per heavy atom. The zero-order valence-corrected chi connectivity index (χ0v) is 11.7. The van der Waals surface area contributed by atoms with Gasteiger partial charge in [0.1, 0.15) is 0 Å². The molecule has 0 atom stereocenters. The van der Waals surface area contributed by atoms with Crippen LogP contribution in [0.5, 0.6) is 0 Å². The summed E-state index contributed by atoms with van der Waals surface area (Å²) in [5.74, 6) is 2.29. The molecule has 0 aliphatic heterocycles. The largest absolute Gasteiger partial charge is 0.383 e. The molecule has 0 aromatic heterocycles. The Hall–Kier alpha value is -0.120. The van der Waals surface area contributed by atoms with Crippen LogP contribution in [0.15, 0.2) is 0 Å². The average molecular weight is 230 g/mol. The molecular weight excluding hydrogens is 200 g/mol. The van der Waals surface area contributed by atoms with E-state index in [4.69, 9.17) is 4.74 Å². The van der Waals surface area contributed by atoms with Gasteiger partial charge in [0.25, 0.3) is 0 Å². The van der Waals surface area contributed by atoms with Crippen molar-refractivity contribution in [1.29, 1.82) is 0 Å².